The maximum absolute atomic E-state index is 11.8. The number of hydrogen-bond acceptors (Lipinski definition) is 4. The molecular formula is C30H33ClN4O. The van der Waals surface area contributed by atoms with Crippen LogP contribution in [0.5, 0.6) is 0 Å². The molecule has 3 aromatic carbocycles. The van der Waals surface area contributed by atoms with Crippen molar-refractivity contribution in [2.75, 3.05) is 26.2 Å². The highest BCUT2D eigenvalue weighted by atomic mass is 35.5. The van der Waals surface area contributed by atoms with Gasteiger partial charge in [-0.3, -0.25) is 4.90 Å². The molecule has 186 valence electrons. The summed E-state index contributed by atoms with van der Waals surface area (Å²) in [7, 11) is 0. The van der Waals surface area contributed by atoms with Gasteiger partial charge in [-0.25, -0.2) is 4.98 Å². The number of H-pyrrole nitrogens is 1. The first kappa shape index (κ1) is 24.7. The molecule has 1 aliphatic rings. The molecule has 1 aliphatic heterocycles. The van der Waals surface area contributed by atoms with E-state index < -0.39 is 11.6 Å². The Kier molecular flexibility index (Phi) is 7.54. The highest BCUT2D eigenvalue weighted by Gasteiger charge is 2.42. The second-order valence-corrected chi connectivity index (χ2v) is 10.1. The molecule has 36 heavy (non-hydrogen) atoms. The van der Waals surface area contributed by atoms with Gasteiger partial charge in [0.15, 0.2) is 0 Å². The summed E-state index contributed by atoms with van der Waals surface area (Å²) in [6.45, 7) is 5.62. The van der Waals surface area contributed by atoms with Crippen molar-refractivity contribution in [3.05, 3.63) is 112 Å². The van der Waals surface area contributed by atoms with E-state index in [1.807, 2.05) is 55.5 Å². The minimum Gasteiger partial charge on any atom is -0.387 e. The summed E-state index contributed by atoms with van der Waals surface area (Å²) in [5.41, 5.74) is 4.58. The van der Waals surface area contributed by atoms with Gasteiger partial charge in [0.25, 0.3) is 0 Å². The number of aromatic nitrogens is 2. The number of halogens is 1. The first-order valence-corrected chi connectivity index (χ1v) is 13.0. The number of nitrogens with zero attached hydrogens (tertiary/aromatic N) is 2. The Bertz CT molecular complexity index is 1250. The van der Waals surface area contributed by atoms with E-state index in [1.165, 1.54) is 5.56 Å². The molecule has 6 heteroatoms. The van der Waals surface area contributed by atoms with Crippen LogP contribution in [0.1, 0.15) is 35.0 Å². The number of aliphatic hydroxyl groups excluding tert-OH is 1. The van der Waals surface area contributed by atoms with E-state index in [0.717, 1.165) is 55.2 Å². The number of aryl methyl sites for hydroxylation is 1. The molecule has 4 aromatic rings. The van der Waals surface area contributed by atoms with Gasteiger partial charge in [-0.15, -0.1) is 0 Å². The summed E-state index contributed by atoms with van der Waals surface area (Å²) in [6.07, 6.45) is 0.554. The number of imidazole rings is 1. The summed E-state index contributed by atoms with van der Waals surface area (Å²) in [5, 5.41) is 16.0. The molecule has 2 unspecified atom stereocenters. The predicted octanol–water partition coefficient (Wildman–Crippen LogP) is 5.51. The van der Waals surface area contributed by atoms with E-state index >= 15 is 0 Å². The topological polar surface area (TPSA) is 64.2 Å². The zero-order valence-corrected chi connectivity index (χ0v) is 21.4. The normalized spacial score (nSPS) is 17.0. The van der Waals surface area contributed by atoms with Crippen LogP contribution in [0.25, 0.3) is 11.4 Å². The third kappa shape index (κ3) is 5.25. The van der Waals surface area contributed by atoms with Gasteiger partial charge in [0, 0.05) is 48.9 Å². The van der Waals surface area contributed by atoms with Gasteiger partial charge in [-0.1, -0.05) is 84.4 Å². The van der Waals surface area contributed by atoms with Gasteiger partial charge in [0.05, 0.1) is 17.3 Å². The maximum Gasteiger partial charge on any atom is 0.137 e. The Morgan fingerprint density at radius 1 is 0.944 bits per heavy atom. The van der Waals surface area contributed by atoms with Crippen LogP contribution in [0.4, 0.5) is 0 Å². The molecule has 0 spiro atoms. The van der Waals surface area contributed by atoms with Crippen LogP contribution in [0.15, 0.2) is 84.9 Å². The van der Waals surface area contributed by atoms with E-state index in [2.05, 4.69) is 51.6 Å². The first-order chi connectivity index (χ1) is 17.5. The molecule has 1 fully saturated rings. The lowest BCUT2D eigenvalue weighted by Gasteiger charge is -2.47. The summed E-state index contributed by atoms with van der Waals surface area (Å²) in [4.78, 5) is 10.8. The molecule has 5 nitrogen and oxygen atoms in total. The molecule has 0 saturated carbocycles. The zero-order valence-electron chi connectivity index (χ0n) is 20.6. The molecular weight excluding hydrogens is 468 g/mol. The van der Waals surface area contributed by atoms with Crippen molar-refractivity contribution < 1.29 is 5.11 Å². The third-order valence-corrected chi connectivity index (χ3v) is 7.51. The van der Waals surface area contributed by atoms with Crippen molar-refractivity contribution >= 4 is 11.6 Å². The van der Waals surface area contributed by atoms with Gasteiger partial charge >= 0.3 is 0 Å². The molecule has 0 bridgehead atoms. The minimum absolute atomic E-state index is 0.425. The molecule has 0 radical (unpaired) electrons. The average Bonchev–Trinajstić information content (AvgIpc) is 3.32. The van der Waals surface area contributed by atoms with Crippen LogP contribution in [-0.4, -0.2) is 46.2 Å². The van der Waals surface area contributed by atoms with Crippen molar-refractivity contribution in [3.8, 4) is 11.4 Å². The van der Waals surface area contributed by atoms with Gasteiger partial charge in [-0.2, -0.15) is 0 Å². The Labute approximate surface area is 218 Å². The van der Waals surface area contributed by atoms with Crippen LogP contribution in [-0.2, 0) is 12.0 Å². The molecule has 2 heterocycles. The number of benzene rings is 3. The second-order valence-electron chi connectivity index (χ2n) is 9.62. The van der Waals surface area contributed by atoms with E-state index in [9.17, 15) is 5.11 Å². The molecule has 0 amide bonds. The van der Waals surface area contributed by atoms with Gasteiger partial charge in [0.1, 0.15) is 5.82 Å². The highest BCUT2D eigenvalue weighted by molar-refractivity contribution is 6.30. The fourth-order valence-electron chi connectivity index (χ4n) is 5.45. The Morgan fingerprint density at radius 3 is 2.25 bits per heavy atom. The zero-order chi connectivity index (χ0) is 25.0. The van der Waals surface area contributed by atoms with Gasteiger partial charge in [-0.05, 0) is 36.6 Å². The third-order valence-electron chi connectivity index (χ3n) is 7.26. The minimum atomic E-state index is -0.743. The summed E-state index contributed by atoms with van der Waals surface area (Å²) in [5.74, 6) is 0.782. The largest absolute Gasteiger partial charge is 0.387 e. The number of rotatable bonds is 8. The van der Waals surface area contributed by atoms with Crippen LogP contribution in [0, 0.1) is 6.92 Å². The summed E-state index contributed by atoms with van der Waals surface area (Å²) in [6, 6.07) is 28.8. The van der Waals surface area contributed by atoms with Crippen molar-refractivity contribution in [1.82, 2.24) is 20.2 Å². The SMILES string of the molecule is Cc1[nH]c(-c2ccccc2)nc1C(O)CC(Cc1ccccc1)(c1ccc(Cl)cc1)N1CCNCC1. The molecule has 2 atom stereocenters. The molecule has 0 aliphatic carbocycles. The van der Waals surface area contributed by atoms with Crippen molar-refractivity contribution in [2.45, 2.75) is 31.4 Å². The average molecular weight is 501 g/mol. The van der Waals surface area contributed by atoms with Crippen LogP contribution in [0.3, 0.4) is 0 Å². The van der Waals surface area contributed by atoms with Crippen LogP contribution in [0.2, 0.25) is 5.02 Å². The quantitative estimate of drug-likeness (QED) is 0.298. The number of hydrogen-bond donors (Lipinski definition) is 3. The van der Waals surface area contributed by atoms with Gasteiger partial charge in [0.2, 0.25) is 0 Å². The summed E-state index contributed by atoms with van der Waals surface area (Å²) >= 11 is 6.30. The van der Waals surface area contributed by atoms with Crippen LogP contribution < -0.4 is 5.32 Å². The van der Waals surface area contributed by atoms with E-state index in [-0.39, 0.29) is 0 Å². The van der Waals surface area contributed by atoms with E-state index in [1.54, 1.807) is 0 Å². The lowest BCUT2D eigenvalue weighted by molar-refractivity contribution is 0.0148. The van der Waals surface area contributed by atoms with Crippen molar-refractivity contribution in [1.29, 1.82) is 0 Å². The number of piperazine rings is 1. The molecule has 5 rings (SSSR count). The lowest BCUT2D eigenvalue weighted by Crippen LogP contribution is -2.56. The fraction of sp³-hybridized carbons (Fsp3) is 0.300. The first-order valence-electron chi connectivity index (χ1n) is 12.6. The maximum atomic E-state index is 11.8. The van der Waals surface area contributed by atoms with E-state index in [0.29, 0.717) is 17.1 Å². The Morgan fingerprint density at radius 2 is 1.58 bits per heavy atom. The monoisotopic (exact) mass is 500 g/mol. The fourth-order valence-corrected chi connectivity index (χ4v) is 5.58. The number of nitrogens with one attached hydrogen (secondary N) is 2. The van der Waals surface area contributed by atoms with Crippen molar-refractivity contribution in [2.24, 2.45) is 0 Å². The van der Waals surface area contributed by atoms with E-state index in [4.69, 9.17) is 16.6 Å². The number of aliphatic hydroxyl groups is 1. The second kappa shape index (κ2) is 11.0. The highest BCUT2D eigenvalue weighted by Crippen LogP contribution is 2.41. The smallest absolute Gasteiger partial charge is 0.137 e. The molecule has 1 aromatic heterocycles. The Hall–Kier alpha value is -2.96. The predicted molar refractivity (Wildman–Crippen MR) is 146 cm³/mol. The number of aromatic amines is 1. The summed E-state index contributed by atoms with van der Waals surface area (Å²) < 4.78 is 0. The molecule has 1 saturated heterocycles. The van der Waals surface area contributed by atoms with Crippen LogP contribution >= 0.6 is 11.6 Å². The lowest BCUT2D eigenvalue weighted by atomic mass is 9.77. The standard InChI is InChI=1S/C30H33ClN4O/c1-22-28(34-29(33-22)24-10-6-3-7-11-24)27(36)21-30(35-18-16-32-17-19-35,20-23-8-4-2-5-9-23)25-12-14-26(31)15-13-25/h2-15,27,32,36H,16-21H2,1H3,(H,33,34). The molecule has 3 N–H and O–H groups in total. The Balaban J connectivity index is 1.57. The van der Waals surface area contributed by atoms with Gasteiger partial charge < -0.3 is 15.4 Å². The van der Waals surface area contributed by atoms with Crippen molar-refractivity contribution in [3.63, 3.8) is 0 Å².